The number of ether oxygens (including phenoxy) is 1. The molecule has 0 aromatic rings. The van der Waals surface area contributed by atoms with Crippen molar-refractivity contribution in [2.75, 3.05) is 6.54 Å². The standard InChI is InChI=1S/C11H16N2O3/c1-11(2,3)16-10(15)13-7-5-8(13)9(14)4-6-12/h8H,4-5,7H2,1-3H3/t8-/m0/s1. The van der Waals surface area contributed by atoms with Gasteiger partial charge in [-0.25, -0.2) is 4.79 Å². The van der Waals surface area contributed by atoms with E-state index in [0.29, 0.717) is 13.0 Å². The Balaban J connectivity index is 2.53. The Kier molecular flexibility index (Phi) is 3.53. The zero-order chi connectivity index (χ0) is 12.3. The largest absolute Gasteiger partial charge is 0.444 e. The van der Waals surface area contributed by atoms with Gasteiger partial charge in [-0.3, -0.25) is 9.69 Å². The zero-order valence-corrected chi connectivity index (χ0v) is 9.82. The molecular formula is C11H16N2O3. The average Bonchev–Trinajstić information content (AvgIpc) is 1.97. The predicted octanol–water partition coefficient (Wildman–Crippen LogP) is 1.48. The smallest absolute Gasteiger partial charge is 0.410 e. The summed E-state index contributed by atoms with van der Waals surface area (Å²) in [5.74, 6) is -0.209. The summed E-state index contributed by atoms with van der Waals surface area (Å²) in [4.78, 5) is 24.4. The van der Waals surface area contributed by atoms with Crippen molar-refractivity contribution in [1.29, 1.82) is 5.26 Å². The fraction of sp³-hybridized carbons (Fsp3) is 0.727. The molecule has 88 valence electrons. The number of rotatable bonds is 2. The third kappa shape index (κ3) is 2.96. The van der Waals surface area contributed by atoms with Gasteiger partial charge in [0.2, 0.25) is 0 Å². The van der Waals surface area contributed by atoms with E-state index in [-0.39, 0.29) is 12.2 Å². The van der Waals surface area contributed by atoms with E-state index in [9.17, 15) is 9.59 Å². The minimum absolute atomic E-state index is 0.149. The molecule has 1 fully saturated rings. The van der Waals surface area contributed by atoms with Gasteiger partial charge in [0.25, 0.3) is 0 Å². The highest BCUT2D eigenvalue weighted by atomic mass is 16.6. The van der Waals surface area contributed by atoms with Crippen LogP contribution < -0.4 is 0 Å². The van der Waals surface area contributed by atoms with Gasteiger partial charge in [0.15, 0.2) is 5.78 Å². The maximum absolute atomic E-state index is 11.6. The number of ketones is 1. The van der Waals surface area contributed by atoms with Crippen molar-refractivity contribution in [2.24, 2.45) is 0 Å². The lowest BCUT2D eigenvalue weighted by Crippen LogP contribution is -2.56. The summed E-state index contributed by atoms with van der Waals surface area (Å²) in [6, 6.07) is 1.33. The van der Waals surface area contributed by atoms with Gasteiger partial charge < -0.3 is 4.74 Å². The molecule has 1 heterocycles. The van der Waals surface area contributed by atoms with E-state index in [0.717, 1.165) is 0 Å². The molecule has 0 aromatic carbocycles. The number of amides is 1. The molecule has 1 rings (SSSR count). The summed E-state index contributed by atoms with van der Waals surface area (Å²) in [6.07, 6.45) is -0.000902. The fourth-order valence-corrected chi connectivity index (χ4v) is 1.46. The molecule has 0 saturated carbocycles. The lowest BCUT2D eigenvalue weighted by Gasteiger charge is -2.39. The molecule has 0 aromatic heterocycles. The normalized spacial score (nSPS) is 19.6. The van der Waals surface area contributed by atoms with Crippen LogP contribution in [0.1, 0.15) is 33.6 Å². The first-order valence-electron chi connectivity index (χ1n) is 5.24. The molecule has 0 aliphatic carbocycles. The second kappa shape index (κ2) is 4.52. The Morgan fingerprint density at radius 2 is 2.12 bits per heavy atom. The Morgan fingerprint density at radius 3 is 2.50 bits per heavy atom. The van der Waals surface area contributed by atoms with Crippen LogP contribution in [0, 0.1) is 11.3 Å². The van der Waals surface area contributed by atoms with E-state index < -0.39 is 17.7 Å². The summed E-state index contributed by atoms with van der Waals surface area (Å²) in [7, 11) is 0. The van der Waals surface area contributed by atoms with Crippen LogP contribution in [0.3, 0.4) is 0 Å². The SMILES string of the molecule is CC(C)(C)OC(=O)N1CC[C@H]1C(=O)CC#N. The highest BCUT2D eigenvalue weighted by Crippen LogP contribution is 2.22. The molecule has 5 nitrogen and oxygen atoms in total. The third-order valence-electron chi connectivity index (χ3n) is 2.27. The van der Waals surface area contributed by atoms with Crippen molar-refractivity contribution in [1.82, 2.24) is 4.90 Å². The fourth-order valence-electron chi connectivity index (χ4n) is 1.46. The quantitative estimate of drug-likeness (QED) is 0.712. The van der Waals surface area contributed by atoms with Gasteiger partial charge >= 0.3 is 6.09 Å². The van der Waals surface area contributed by atoms with E-state index >= 15 is 0 Å². The first-order valence-corrected chi connectivity index (χ1v) is 5.24. The van der Waals surface area contributed by atoms with Crippen molar-refractivity contribution in [3.63, 3.8) is 0 Å². The summed E-state index contributed by atoms with van der Waals surface area (Å²) in [5.41, 5.74) is -0.560. The van der Waals surface area contributed by atoms with Gasteiger partial charge in [0.1, 0.15) is 5.60 Å². The van der Waals surface area contributed by atoms with Crippen LogP contribution in [0.5, 0.6) is 0 Å². The maximum atomic E-state index is 11.6. The third-order valence-corrected chi connectivity index (χ3v) is 2.27. The van der Waals surface area contributed by atoms with Crippen molar-refractivity contribution in [3.8, 4) is 6.07 Å². The Labute approximate surface area is 95.0 Å². The number of nitriles is 1. The Hall–Kier alpha value is -1.57. The van der Waals surface area contributed by atoms with Crippen LogP contribution >= 0.6 is 0 Å². The lowest BCUT2D eigenvalue weighted by atomic mass is 9.98. The van der Waals surface area contributed by atoms with Crippen LogP contribution in [0.2, 0.25) is 0 Å². The highest BCUT2D eigenvalue weighted by Gasteiger charge is 2.39. The van der Waals surface area contributed by atoms with E-state index in [4.69, 9.17) is 10.00 Å². The molecular weight excluding hydrogens is 208 g/mol. The molecule has 5 heteroatoms. The van der Waals surface area contributed by atoms with Crippen molar-refractivity contribution < 1.29 is 14.3 Å². The topological polar surface area (TPSA) is 70.4 Å². The van der Waals surface area contributed by atoms with Gasteiger partial charge in [-0.05, 0) is 27.2 Å². The van der Waals surface area contributed by atoms with E-state index in [1.807, 2.05) is 0 Å². The van der Waals surface area contributed by atoms with Crippen LogP contribution in [-0.2, 0) is 9.53 Å². The average molecular weight is 224 g/mol. The number of carbonyl (C=O) groups excluding carboxylic acids is 2. The molecule has 1 amide bonds. The van der Waals surface area contributed by atoms with Gasteiger partial charge in [-0.15, -0.1) is 0 Å². The first-order chi connectivity index (χ1) is 7.35. The molecule has 0 N–H and O–H groups in total. The molecule has 1 saturated heterocycles. The van der Waals surface area contributed by atoms with E-state index in [2.05, 4.69) is 0 Å². The minimum Gasteiger partial charge on any atom is -0.444 e. The maximum Gasteiger partial charge on any atom is 0.410 e. The highest BCUT2D eigenvalue weighted by molar-refractivity contribution is 5.90. The molecule has 0 radical (unpaired) electrons. The molecule has 1 aliphatic heterocycles. The van der Waals surface area contributed by atoms with Crippen LogP contribution in [-0.4, -0.2) is 35.0 Å². The van der Waals surface area contributed by atoms with Crippen molar-refractivity contribution >= 4 is 11.9 Å². The number of Topliss-reactive ketones (excluding diaryl/α,β-unsaturated/α-hetero) is 1. The van der Waals surface area contributed by atoms with Gasteiger partial charge in [-0.2, -0.15) is 5.26 Å². The van der Waals surface area contributed by atoms with Crippen LogP contribution in [0.25, 0.3) is 0 Å². The van der Waals surface area contributed by atoms with Crippen LogP contribution in [0.4, 0.5) is 4.79 Å². The van der Waals surface area contributed by atoms with Gasteiger partial charge in [0, 0.05) is 6.54 Å². The van der Waals surface area contributed by atoms with Crippen molar-refractivity contribution in [3.05, 3.63) is 0 Å². The molecule has 0 spiro atoms. The second-order valence-corrected chi connectivity index (χ2v) is 4.78. The number of likely N-dealkylation sites (tertiary alicyclic amines) is 1. The van der Waals surface area contributed by atoms with Crippen LogP contribution in [0.15, 0.2) is 0 Å². The number of hydrogen-bond donors (Lipinski definition) is 0. The summed E-state index contributed by atoms with van der Waals surface area (Å²) >= 11 is 0. The summed E-state index contributed by atoms with van der Waals surface area (Å²) in [6.45, 7) is 5.85. The predicted molar refractivity (Wildman–Crippen MR) is 56.6 cm³/mol. The lowest BCUT2D eigenvalue weighted by molar-refractivity contribution is -0.127. The first kappa shape index (κ1) is 12.5. The zero-order valence-electron chi connectivity index (χ0n) is 9.82. The molecule has 0 unspecified atom stereocenters. The molecule has 0 bridgehead atoms. The number of nitrogens with zero attached hydrogens (tertiary/aromatic N) is 2. The molecule has 1 atom stereocenters. The Morgan fingerprint density at radius 1 is 1.50 bits per heavy atom. The van der Waals surface area contributed by atoms with Crippen molar-refractivity contribution in [2.45, 2.75) is 45.3 Å². The monoisotopic (exact) mass is 224 g/mol. The molecule has 16 heavy (non-hydrogen) atoms. The second-order valence-electron chi connectivity index (χ2n) is 4.78. The van der Waals surface area contributed by atoms with E-state index in [1.165, 1.54) is 4.90 Å². The molecule has 1 aliphatic rings. The Bertz CT molecular complexity index is 338. The van der Waals surface area contributed by atoms with Gasteiger partial charge in [0.05, 0.1) is 18.5 Å². The number of carbonyl (C=O) groups is 2. The summed E-state index contributed by atoms with van der Waals surface area (Å²) in [5, 5.41) is 8.41. The van der Waals surface area contributed by atoms with Gasteiger partial charge in [-0.1, -0.05) is 0 Å². The summed E-state index contributed by atoms with van der Waals surface area (Å²) < 4.78 is 5.15. The number of hydrogen-bond acceptors (Lipinski definition) is 4. The minimum atomic E-state index is -0.560. The van der Waals surface area contributed by atoms with E-state index in [1.54, 1.807) is 26.8 Å².